The molecule has 2 amide bonds. The summed E-state index contributed by atoms with van der Waals surface area (Å²) in [5.74, 6) is -0.918. The number of carboxylic acids is 1. The van der Waals surface area contributed by atoms with Gasteiger partial charge in [0.1, 0.15) is 5.54 Å². The number of carbonyl (C=O) groups is 2. The van der Waals surface area contributed by atoms with Gasteiger partial charge in [0.15, 0.2) is 0 Å². The molecule has 2 atom stereocenters. The Morgan fingerprint density at radius 1 is 1.39 bits per heavy atom. The Morgan fingerprint density at radius 2 is 2.06 bits per heavy atom. The van der Waals surface area contributed by atoms with E-state index < -0.39 is 11.5 Å². The monoisotopic (exact) mass is 256 g/mol. The molecule has 1 aliphatic heterocycles. The Hall–Kier alpha value is -1.30. The van der Waals surface area contributed by atoms with Crippen LogP contribution in [0.3, 0.4) is 0 Å². The van der Waals surface area contributed by atoms with Crippen molar-refractivity contribution < 1.29 is 19.8 Å². The topological polar surface area (TPSA) is 89.9 Å². The molecule has 0 radical (unpaired) electrons. The first kappa shape index (κ1) is 13.1. The van der Waals surface area contributed by atoms with Crippen LogP contribution in [0, 0.1) is 5.92 Å². The highest BCUT2D eigenvalue weighted by Gasteiger charge is 2.46. The molecular formula is C12H20N2O4. The van der Waals surface area contributed by atoms with Crippen molar-refractivity contribution in [3.8, 4) is 0 Å². The van der Waals surface area contributed by atoms with Gasteiger partial charge in [-0.2, -0.15) is 0 Å². The minimum atomic E-state index is -1.06. The molecule has 0 spiro atoms. The molecule has 6 heteroatoms. The second kappa shape index (κ2) is 4.76. The maximum Gasteiger partial charge on any atom is 0.329 e. The normalized spacial score (nSPS) is 30.4. The largest absolute Gasteiger partial charge is 0.480 e. The van der Waals surface area contributed by atoms with Crippen LogP contribution in [0.25, 0.3) is 0 Å². The first-order valence-electron chi connectivity index (χ1n) is 6.43. The van der Waals surface area contributed by atoms with Gasteiger partial charge in [-0.05, 0) is 31.6 Å². The zero-order chi connectivity index (χ0) is 13.3. The summed E-state index contributed by atoms with van der Waals surface area (Å²) in [4.78, 5) is 24.8. The predicted octanol–water partition coefficient (Wildman–Crippen LogP) is 0.406. The number of aliphatic hydroxyl groups excluding tert-OH is 1. The summed E-state index contributed by atoms with van der Waals surface area (Å²) in [6.45, 7) is 2.84. The molecule has 1 saturated carbocycles. The molecular weight excluding hydrogens is 236 g/mol. The quantitative estimate of drug-likeness (QED) is 0.667. The van der Waals surface area contributed by atoms with Crippen molar-refractivity contribution in [1.82, 2.24) is 10.2 Å². The first-order valence-corrected chi connectivity index (χ1v) is 6.43. The third kappa shape index (κ3) is 2.29. The Labute approximate surface area is 106 Å². The van der Waals surface area contributed by atoms with Crippen molar-refractivity contribution in [2.45, 2.75) is 44.2 Å². The van der Waals surface area contributed by atoms with E-state index in [1.165, 1.54) is 0 Å². The number of carboxylic acid groups (broad SMARTS) is 1. The summed E-state index contributed by atoms with van der Waals surface area (Å²) >= 11 is 0. The molecule has 0 aromatic heterocycles. The number of nitrogens with zero attached hydrogens (tertiary/aromatic N) is 1. The first-order chi connectivity index (χ1) is 8.44. The number of hydrogen-bond donors (Lipinski definition) is 3. The van der Waals surface area contributed by atoms with E-state index in [1.54, 1.807) is 4.90 Å². The van der Waals surface area contributed by atoms with Crippen molar-refractivity contribution in [2.75, 3.05) is 13.1 Å². The van der Waals surface area contributed by atoms with E-state index in [1.807, 2.05) is 6.92 Å². The van der Waals surface area contributed by atoms with Gasteiger partial charge in [0.25, 0.3) is 0 Å². The summed E-state index contributed by atoms with van der Waals surface area (Å²) in [7, 11) is 0. The van der Waals surface area contributed by atoms with Crippen LogP contribution in [-0.2, 0) is 4.79 Å². The van der Waals surface area contributed by atoms with Gasteiger partial charge in [-0.15, -0.1) is 0 Å². The number of likely N-dealkylation sites (tertiary alicyclic amines) is 1. The van der Waals surface area contributed by atoms with Crippen LogP contribution in [0.4, 0.5) is 4.79 Å². The molecule has 1 saturated heterocycles. The van der Waals surface area contributed by atoms with Gasteiger partial charge in [-0.3, -0.25) is 0 Å². The summed E-state index contributed by atoms with van der Waals surface area (Å²) in [6, 6.07) is -0.323. The summed E-state index contributed by atoms with van der Waals surface area (Å²) in [5.41, 5.74) is -1.06. The maximum absolute atomic E-state index is 12.0. The highest BCUT2D eigenvalue weighted by atomic mass is 16.4. The zero-order valence-corrected chi connectivity index (χ0v) is 10.6. The standard InChI is InChI=1S/C12H20N2O4/c1-8-7-14(6-3-9(8)15)11(18)13-12(10(16)17)4-2-5-12/h8-9,15H,2-7H2,1H3,(H,13,18)(H,16,17). The minimum Gasteiger partial charge on any atom is -0.480 e. The Morgan fingerprint density at radius 3 is 2.50 bits per heavy atom. The van der Waals surface area contributed by atoms with Crippen LogP contribution in [-0.4, -0.2) is 51.8 Å². The molecule has 2 aliphatic rings. The molecule has 2 fully saturated rings. The molecule has 18 heavy (non-hydrogen) atoms. The number of piperidine rings is 1. The van der Waals surface area contributed by atoms with Crippen LogP contribution in [0.15, 0.2) is 0 Å². The predicted molar refractivity (Wildman–Crippen MR) is 64.1 cm³/mol. The van der Waals surface area contributed by atoms with Crippen LogP contribution in [0.1, 0.15) is 32.6 Å². The van der Waals surface area contributed by atoms with E-state index in [4.69, 9.17) is 5.11 Å². The van der Waals surface area contributed by atoms with Gasteiger partial charge in [0.2, 0.25) is 0 Å². The van der Waals surface area contributed by atoms with Crippen molar-refractivity contribution in [2.24, 2.45) is 5.92 Å². The molecule has 102 valence electrons. The van der Waals surface area contributed by atoms with E-state index in [9.17, 15) is 14.7 Å². The summed E-state index contributed by atoms with van der Waals surface area (Å²) < 4.78 is 0. The van der Waals surface area contributed by atoms with Crippen molar-refractivity contribution >= 4 is 12.0 Å². The lowest BCUT2D eigenvalue weighted by Gasteiger charge is -2.41. The highest BCUT2D eigenvalue weighted by Crippen LogP contribution is 2.32. The Bertz CT molecular complexity index is 354. The molecule has 2 unspecified atom stereocenters. The molecule has 0 aromatic carbocycles. The lowest BCUT2D eigenvalue weighted by atomic mass is 9.77. The van der Waals surface area contributed by atoms with Gasteiger partial charge >= 0.3 is 12.0 Å². The number of urea groups is 1. The van der Waals surface area contributed by atoms with E-state index in [0.717, 1.165) is 6.42 Å². The molecule has 6 nitrogen and oxygen atoms in total. The van der Waals surface area contributed by atoms with E-state index in [2.05, 4.69) is 5.32 Å². The fraction of sp³-hybridized carbons (Fsp3) is 0.833. The zero-order valence-electron chi connectivity index (χ0n) is 10.6. The minimum absolute atomic E-state index is 0.0340. The Balaban J connectivity index is 1.94. The lowest BCUT2D eigenvalue weighted by Crippen LogP contribution is -2.62. The van der Waals surface area contributed by atoms with Gasteiger partial charge in [-0.1, -0.05) is 6.92 Å². The van der Waals surface area contributed by atoms with Crippen LogP contribution in [0.2, 0.25) is 0 Å². The summed E-state index contributed by atoms with van der Waals surface area (Å²) in [5, 5.41) is 21.4. The molecule has 1 aliphatic carbocycles. The number of aliphatic carboxylic acids is 1. The molecule has 2 rings (SSSR count). The molecule has 3 N–H and O–H groups in total. The van der Waals surface area contributed by atoms with Gasteiger partial charge in [-0.25, -0.2) is 9.59 Å². The maximum atomic E-state index is 12.0. The van der Waals surface area contributed by atoms with Gasteiger partial charge in [0, 0.05) is 13.1 Å². The van der Waals surface area contributed by atoms with E-state index in [-0.39, 0.29) is 18.1 Å². The third-order valence-corrected chi connectivity index (χ3v) is 4.11. The highest BCUT2D eigenvalue weighted by molar-refractivity contribution is 5.87. The van der Waals surface area contributed by atoms with Crippen LogP contribution < -0.4 is 5.32 Å². The molecule has 0 aromatic rings. The fourth-order valence-corrected chi connectivity index (χ4v) is 2.52. The molecule has 0 bridgehead atoms. The van der Waals surface area contributed by atoms with Gasteiger partial charge in [0.05, 0.1) is 6.10 Å². The van der Waals surface area contributed by atoms with Gasteiger partial charge < -0.3 is 20.4 Å². The van der Waals surface area contributed by atoms with Crippen LogP contribution >= 0.6 is 0 Å². The third-order valence-electron chi connectivity index (χ3n) is 4.11. The van der Waals surface area contributed by atoms with Crippen molar-refractivity contribution in [3.63, 3.8) is 0 Å². The number of aliphatic hydroxyl groups is 1. The SMILES string of the molecule is CC1CN(C(=O)NC2(C(=O)O)CCC2)CCC1O. The number of carbonyl (C=O) groups excluding carboxylic acids is 1. The molecule has 1 heterocycles. The van der Waals surface area contributed by atoms with Crippen molar-refractivity contribution in [1.29, 1.82) is 0 Å². The van der Waals surface area contributed by atoms with Crippen molar-refractivity contribution in [3.05, 3.63) is 0 Å². The van der Waals surface area contributed by atoms with Crippen LogP contribution in [0.5, 0.6) is 0 Å². The summed E-state index contributed by atoms with van der Waals surface area (Å²) in [6.07, 6.45) is 2.02. The second-order valence-electron chi connectivity index (χ2n) is 5.45. The smallest absolute Gasteiger partial charge is 0.329 e. The number of amides is 2. The fourth-order valence-electron chi connectivity index (χ4n) is 2.52. The van der Waals surface area contributed by atoms with E-state index in [0.29, 0.717) is 32.4 Å². The number of nitrogens with one attached hydrogen (secondary N) is 1. The lowest BCUT2D eigenvalue weighted by molar-refractivity contribution is -0.148. The second-order valence-corrected chi connectivity index (χ2v) is 5.45. The number of hydrogen-bond acceptors (Lipinski definition) is 3. The van der Waals surface area contributed by atoms with E-state index >= 15 is 0 Å². The average Bonchev–Trinajstić information content (AvgIpc) is 2.26. The Kier molecular flexibility index (Phi) is 3.47. The number of rotatable bonds is 2. The average molecular weight is 256 g/mol.